The van der Waals surface area contributed by atoms with Crippen LogP contribution in [0.1, 0.15) is 11.1 Å². The van der Waals surface area contributed by atoms with Gasteiger partial charge in [-0.2, -0.15) is 5.26 Å². The first-order chi connectivity index (χ1) is 13.1. The van der Waals surface area contributed by atoms with Gasteiger partial charge in [0.15, 0.2) is 11.3 Å². The van der Waals surface area contributed by atoms with Gasteiger partial charge in [-0.1, -0.05) is 6.07 Å². The monoisotopic (exact) mass is 387 g/mol. The first-order valence-corrected chi connectivity index (χ1v) is 7.66. The number of anilines is 1. The molecular formula is C18H14FN3O6. The Labute approximate surface area is 158 Å². The minimum atomic E-state index is -1.03. The number of phenolic OH excluding ortho intramolecular Hbond substituents is 2. The van der Waals surface area contributed by atoms with E-state index in [2.05, 4.69) is 0 Å². The first kappa shape index (κ1) is 20.2. The number of likely N-dealkylation sites (N-methyl/N-ethyl adjacent to an activating group) is 1. The number of aliphatic hydroxyl groups excluding tert-OH is 1. The molecule has 0 atom stereocenters. The maximum atomic E-state index is 13.5. The third-order valence-corrected chi connectivity index (χ3v) is 3.94. The summed E-state index contributed by atoms with van der Waals surface area (Å²) in [5.74, 6) is -4.53. The Bertz CT molecular complexity index is 1060. The quantitative estimate of drug-likeness (QED) is 0.182. The number of nitro benzene ring substituents is 1. The summed E-state index contributed by atoms with van der Waals surface area (Å²) >= 11 is 0. The lowest BCUT2D eigenvalue weighted by Crippen LogP contribution is -2.28. The molecular weight excluding hydrogens is 373 g/mol. The molecule has 0 radical (unpaired) electrons. The average molecular weight is 387 g/mol. The molecule has 0 aliphatic heterocycles. The molecule has 0 spiro atoms. The normalized spacial score (nSPS) is 11.4. The van der Waals surface area contributed by atoms with Gasteiger partial charge in [0, 0.05) is 24.4 Å². The van der Waals surface area contributed by atoms with Crippen LogP contribution in [0.3, 0.4) is 0 Å². The summed E-state index contributed by atoms with van der Waals surface area (Å²) in [4.78, 5) is 23.5. The average Bonchev–Trinajstić information content (AvgIpc) is 2.65. The Kier molecular flexibility index (Phi) is 5.50. The van der Waals surface area contributed by atoms with Crippen LogP contribution in [0.2, 0.25) is 0 Å². The molecule has 2 aromatic rings. The van der Waals surface area contributed by atoms with Gasteiger partial charge in [-0.15, -0.1) is 0 Å². The van der Waals surface area contributed by atoms with Crippen LogP contribution in [-0.2, 0) is 4.79 Å². The van der Waals surface area contributed by atoms with Crippen molar-refractivity contribution in [3.63, 3.8) is 0 Å². The van der Waals surface area contributed by atoms with Crippen molar-refractivity contribution in [1.82, 2.24) is 0 Å². The van der Waals surface area contributed by atoms with Gasteiger partial charge in [-0.3, -0.25) is 14.9 Å². The third-order valence-electron chi connectivity index (χ3n) is 3.94. The zero-order valence-electron chi connectivity index (χ0n) is 14.7. The van der Waals surface area contributed by atoms with Crippen molar-refractivity contribution in [2.75, 3.05) is 11.9 Å². The van der Waals surface area contributed by atoms with Crippen molar-refractivity contribution in [3.05, 3.63) is 63.0 Å². The highest BCUT2D eigenvalue weighted by atomic mass is 19.1. The second kappa shape index (κ2) is 7.63. The molecule has 0 fully saturated rings. The van der Waals surface area contributed by atoms with E-state index in [0.29, 0.717) is 11.6 Å². The molecule has 0 aliphatic carbocycles. The standard InChI is InChI=1S/C18H14FN3O6/c1-9-3-4-11(19)7-13(9)21(2)18(26)12(8-20)16(24)10-5-14(22(27)28)17(25)15(23)6-10/h3-7,23-25H,1-2H3/b16-12-. The Hall–Kier alpha value is -4.13. The fraction of sp³-hybridized carbons (Fsp3) is 0.111. The van der Waals surface area contributed by atoms with Gasteiger partial charge in [-0.25, -0.2) is 4.39 Å². The fourth-order valence-corrected chi connectivity index (χ4v) is 2.45. The smallest absolute Gasteiger partial charge is 0.315 e. The number of nitro groups is 1. The molecule has 2 aromatic carbocycles. The molecule has 2 rings (SSSR count). The fourth-order valence-electron chi connectivity index (χ4n) is 2.45. The number of amides is 1. The van der Waals surface area contributed by atoms with Crippen LogP contribution in [0, 0.1) is 34.2 Å². The van der Waals surface area contributed by atoms with Gasteiger partial charge >= 0.3 is 5.69 Å². The van der Waals surface area contributed by atoms with E-state index in [4.69, 9.17) is 0 Å². The highest BCUT2D eigenvalue weighted by Crippen LogP contribution is 2.38. The molecule has 0 bridgehead atoms. The number of halogens is 1. The second-order valence-electron chi connectivity index (χ2n) is 5.75. The Morgan fingerprint density at radius 2 is 1.93 bits per heavy atom. The number of phenols is 2. The van der Waals surface area contributed by atoms with Crippen molar-refractivity contribution in [2.24, 2.45) is 0 Å². The van der Waals surface area contributed by atoms with Crippen LogP contribution in [0.25, 0.3) is 5.76 Å². The van der Waals surface area contributed by atoms with Gasteiger partial charge in [0.25, 0.3) is 5.91 Å². The van der Waals surface area contributed by atoms with E-state index in [1.165, 1.54) is 25.2 Å². The minimum absolute atomic E-state index is 0.144. The van der Waals surface area contributed by atoms with E-state index in [1.54, 1.807) is 6.92 Å². The SMILES string of the molecule is Cc1ccc(F)cc1N(C)C(=O)/C(C#N)=C(\O)c1cc(O)c(O)c([N+](=O)[O-])c1. The number of carbonyl (C=O) groups is 1. The summed E-state index contributed by atoms with van der Waals surface area (Å²) < 4.78 is 13.5. The number of aliphatic hydroxyl groups is 1. The number of nitriles is 1. The Balaban J connectivity index is 2.58. The van der Waals surface area contributed by atoms with Gasteiger partial charge in [0.2, 0.25) is 5.75 Å². The number of rotatable bonds is 4. The van der Waals surface area contributed by atoms with E-state index < -0.39 is 50.7 Å². The first-order valence-electron chi connectivity index (χ1n) is 7.66. The molecule has 1 amide bonds. The van der Waals surface area contributed by atoms with Crippen LogP contribution in [0.4, 0.5) is 15.8 Å². The number of aryl methyl sites for hydroxylation is 1. The van der Waals surface area contributed by atoms with Gasteiger partial charge in [0.05, 0.1) is 4.92 Å². The maximum absolute atomic E-state index is 13.5. The Morgan fingerprint density at radius 1 is 1.29 bits per heavy atom. The largest absolute Gasteiger partial charge is 0.506 e. The molecule has 0 unspecified atom stereocenters. The van der Waals surface area contributed by atoms with Crippen LogP contribution in [0.5, 0.6) is 11.5 Å². The topological polar surface area (TPSA) is 148 Å². The summed E-state index contributed by atoms with van der Waals surface area (Å²) in [6.07, 6.45) is 0. The highest BCUT2D eigenvalue weighted by Gasteiger charge is 2.26. The van der Waals surface area contributed by atoms with E-state index >= 15 is 0 Å². The molecule has 0 saturated heterocycles. The summed E-state index contributed by atoms with van der Waals surface area (Å²) in [7, 11) is 1.26. The molecule has 0 heterocycles. The molecule has 10 heteroatoms. The van der Waals surface area contributed by atoms with Crippen molar-refractivity contribution in [1.29, 1.82) is 5.26 Å². The highest BCUT2D eigenvalue weighted by molar-refractivity contribution is 6.12. The molecule has 28 heavy (non-hydrogen) atoms. The number of aromatic hydroxyl groups is 2. The summed E-state index contributed by atoms with van der Waals surface area (Å²) in [6.45, 7) is 1.61. The van der Waals surface area contributed by atoms with E-state index in [9.17, 15) is 39.9 Å². The molecule has 0 aliphatic rings. The van der Waals surface area contributed by atoms with Crippen LogP contribution >= 0.6 is 0 Å². The third kappa shape index (κ3) is 3.68. The molecule has 0 aromatic heterocycles. The minimum Gasteiger partial charge on any atom is -0.506 e. The van der Waals surface area contributed by atoms with Crippen molar-refractivity contribution < 1.29 is 29.4 Å². The lowest BCUT2D eigenvalue weighted by Gasteiger charge is -2.19. The number of benzene rings is 2. The van der Waals surface area contributed by atoms with E-state index in [-0.39, 0.29) is 5.69 Å². The van der Waals surface area contributed by atoms with Crippen molar-refractivity contribution >= 4 is 23.0 Å². The predicted molar refractivity (Wildman–Crippen MR) is 96.1 cm³/mol. The van der Waals surface area contributed by atoms with Gasteiger partial charge in [0.1, 0.15) is 17.6 Å². The number of carbonyl (C=O) groups excluding carboxylic acids is 1. The summed E-state index contributed by atoms with van der Waals surface area (Å²) in [5, 5.41) is 49.7. The number of nitrogens with zero attached hydrogens (tertiary/aromatic N) is 3. The van der Waals surface area contributed by atoms with Crippen LogP contribution in [0.15, 0.2) is 35.9 Å². The maximum Gasteiger partial charge on any atom is 0.315 e. The van der Waals surface area contributed by atoms with Crippen molar-refractivity contribution in [3.8, 4) is 17.6 Å². The summed E-state index contributed by atoms with van der Waals surface area (Å²) in [6, 6.07) is 6.63. The van der Waals surface area contributed by atoms with Crippen LogP contribution < -0.4 is 4.90 Å². The zero-order chi connectivity index (χ0) is 21.2. The van der Waals surface area contributed by atoms with E-state index in [0.717, 1.165) is 17.0 Å². The van der Waals surface area contributed by atoms with Gasteiger partial charge in [-0.05, 0) is 30.7 Å². The lowest BCUT2D eigenvalue weighted by atomic mass is 10.1. The predicted octanol–water partition coefficient (Wildman–Crippen LogP) is 2.91. The van der Waals surface area contributed by atoms with Crippen LogP contribution in [-0.4, -0.2) is 33.2 Å². The summed E-state index contributed by atoms with van der Waals surface area (Å²) in [5.41, 5.74) is -1.50. The van der Waals surface area contributed by atoms with E-state index in [1.807, 2.05) is 0 Å². The van der Waals surface area contributed by atoms with Gasteiger partial charge < -0.3 is 20.2 Å². The number of hydrogen-bond donors (Lipinski definition) is 3. The molecule has 9 nitrogen and oxygen atoms in total. The molecule has 0 saturated carbocycles. The van der Waals surface area contributed by atoms with Crippen molar-refractivity contribution in [2.45, 2.75) is 6.92 Å². The Morgan fingerprint density at radius 3 is 2.50 bits per heavy atom. The molecule has 3 N–H and O–H groups in total. The second-order valence-corrected chi connectivity index (χ2v) is 5.75. The molecule has 144 valence electrons. The zero-order valence-corrected chi connectivity index (χ0v) is 14.7. The lowest BCUT2D eigenvalue weighted by molar-refractivity contribution is -0.386. The number of hydrogen-bond acceptors (Lipinski definition) is 7.